The molecule has 18 heavy (non-hydrogen) atoms. The average Bonchev–Trinajstić information content (AvgIpc) is 2.37. The Balaban J connectivity index is 2.53. The van der Waals surface area contributed by atoms with E-state index in [-0.39, 0.29) is 18.3 Å². The molecule has 0 aliphatic rings. The van der Waals surface area contributed by atoms with E-state index in [9.17, 15) is 9.90 Å². The summed E-state index contributed by atoms with van der Waals surface area (Å²) in [6, 6.07) is 6.98. The third kappa shape index (κ3) is 4.22. The highest BCUT2D eigenvalue weighted by Gasteiger charge is 2.12. The summed E-state index contributed by atoms with van der Waals surface area (Å²) in [4.78, 5) is 13.4. The number of aliphatic hydroxyl groups is 1. The molecule has 0 bridgehead atoms. The van der Waals surface area contributed by atoms with Crippen LogP contribution in [0.2, 0.25) is 0 Å². The van der Waals surface area contributed by atoms with Gasteiger partial charge in [0, 0.05) is 19.5 Å². The molecule has 98 valence electrons. The highest BCUT2D eigenvalue weighted by atomic mass is 16.3. The number of aromatic hydroxyl groups is 1. The Kier molecular flexibility index (Phi) is 5.94. The van der Waals surface area contributed by atoms with Gasteiger partial charge in [0.25, 0.3) is 0 Å². The largest absolute Gasteiger partial charge is 0.508 e. The summed E-state index contributed by atoms with van der Waals surface area (Å²) in [6.45, 7) is 4.26. The second-order valence-corrected chi connectivity index (χ2v) is 3.98. The molecule has 0 aliphatic heterocycles. The topological polar surface area (TPSA) is 60.8 Å². The lowest BCUT2D eigenvalue weighted by Gasteiger charge is -2.19. The number of hydrogen-bond acceptors (Lipinski definition) is 3. The second kappa shape index (κ2) is 7.50. The van der Waals surface area contributed by atoms with E-state index in [4.69, 9.17) is 5.11 Å². The van der Waals surface area contributed by atoms with E-state index >= 15 is 0 Å². The third-order valence-corrected chi connectivity index (χ3v) is 2.67. The lowest BCUT2D eigenvalue weighted by molar-refractivity contribution is -0.131. The molecule has 0 spiro atoms. The number of nitrogens with zero attached hydrogens (tertiary/aromatic N) is 1. The fourth-order valence-electron chi connectivity index (χ4n) is 1.72. The van der Waals surface area contributed by atoms with Gasteiger partial charge in [-0.15, -0.1) is 6.58 Å². The number of hydrogen-bond donors (Lipinski definition) is 2. The van der Waals surface area contributed by atoms with Crippen LogP contribution < -0.4 is 0 Å². The number of rotatable bonds is 7. The van der Waals surface area contributed by atoms with Gasteiger partial charge in [-0.3, -0.25) is 4.79 Å². The molecule has 0 radical (unpaired) electrons. The Morgan fingerprint density at radius 3 is 2.72 bits per heavy atom. The first-order chi connectivity index (χ1) is 8.69. The summed E-state index contributed by atoms with van der Waals surface area (Å²) >= 11 is 0. The maximum atomic E-state index is 11.9. The molecule has 2 N–H and O–H groups in total. The molecule has 4 nitrogen and oxygen atoms in total. The molecule has 0 aromatic heterocycles. The van der Waals surface area contributed by atoms with Crippen molar-refractivity contribution < 1.29 is 15.0 Å². The Bertz CT molecular complexity index is 404. The SMILES string of the molecule is C=CCN(CCO)C(=O)CCc1ccccc1O. The molecule has 1 amide bonds. The minimum absolute atomic E-state index is 0.0489. The van der Waals surface area contributed by atoms with Gasteiger partial charge in [0.15, 0.2) is 0 Å². The highest BCUT2D eigenvalue weighted by molar-refractivity contribution is 5.76. The van der Waals surface area contributed by atoms with Crippen LogP contribution in [-0.4, -0.2) is 40.7 Å². The number of phenols is 1. The van der Waals surface area contributed by atoms with Gasteiger partial charge in [-0.05, 0) is 18.1 Å². The molecular weight excluding hydrogens is 230 g/mol. The van der Waals surface area contributed by atoms with Crippen LogP contribution in [0.3, 0.4) is 0 Å². The summed E-state index contributed by atoms with van der Waals surface area (Å²) < 4.78 is 0. The van der Waals surface area contributed by atoms with E-state index in [2.05, 4.69) is 6.58 Å². The van der Waals surface area contributed by atoms with E-state index in [0.717, 1.165) is 5.56 Å². The van der Waals surface area contributed by atoms with Gasteiger partial charge in [0.2, 0.25) is 5.91 Å². The second-order valence-electron chi connectivity index (χ2n) is 3.98. The van der Waals surface area contributed by atoms with Crippen molar-refractivity contribution in [3.63, 3.8) is 0 Å². The third-order valence-electron chi connectivity index (χ3n) is 2.67. The maximum absolute atomic E-state index is 11.9. The Morgan fingerprint density at radius 1 is 1.39 bits per heavy atom. The van der Waals surface area contributed by atoms with Crippen molar-refractivity contribution in [2.24, 2.45) is 0 Å². The molecule has 0 aliphatic carbocycles. The van der Waals surface area contributed by atoms with Crippen LogP contribution in [0.4, 0.5) is 0 Å². The standard InChI is InChI=1S/C14H19NO3/c1-2-9-15(10-11-16)14(18)8-7-12-5-3-4-6-13(12)17/h2-6,16-17H,1,7-11H2. The van der Waals surface area contributed by atoms with Crippen molar-refractivity contribution in [1.29, 1.82) is 0 Å². The number of amides is 1. The monoisotopic (exact) mass is 249 g/mol. The summed E-state index contributed by atoms with van der Waals surface area (Å²) in [6.07, 6.45) is 2.43. The number of benzene rings is 1. The number of carbonyl (C=O) groups excluding carboxylic acids is 1. The first kappa shape index (κ1) is 14.3. The molecule has 0 saturated carbocycles. The number of carbonyl (C=O) groups is 1. The minimum atomic E-state index is -0.0594. The smallest absolute Gasteiger partial charge is 0.223 e. The summed E-state index contributed by atoms with van der Waals surface area (Å²) in [5.41, 5.74) is 0.758. The zero-order valence-electron chi connectivity index (χ0n) is 10.4. The van der Waals surface area contributed by atoms with Crippen molar-refractivity contribution in [1.82, 2.24) is 4.90 Å². The van der Waals surface area contributed by atoms with E-state index in [1.807, 2.05) is 6.07 Å². The first-order valence-electron chi connectivity index (χ1n) is 5.95. The van der Waals surface area contributed by atoms with Gasteiger partial charge in [0.1, 0.15) is 5.75 Å². The molecule has 0 heterocycles. The molecule has 1 aromatic rings. The molecule has 0 saturated heterocycles. The number of phenolic OH excluding ortho intramolecular Hbond substituents is 1. The fraction of sp³-hybridized carbons (Fsp3) is 0.357. The van der Waals surface area contributed by atoms with Crippen LogP contribution in [0.15, 0.2) is 36.9 Å². The summed E-state index contributed by atoms with van der Waals surface area (Å²) in [5.74, 6) is 0.162. The first-order valence-corrected chi connectivity index (χ1v) is 5.95. The van der Waals surface area contributed by atoms with Crippen molar-refractivity contribution >= 4 is 5.91 Å². The Labute approximate surface area is 107 Å². The quantitative estimate of drug-likeness (QED) is 0.717. The number of aryl methyl sites for hydroxylation is 1. The van der Waals surface area contributed by atoms with E-state index in [0.29, 0.717) is 25.9 Å². The molecule has 0 fully saturated rings. The van der Waals surface area contributed by atoms with Gasteiger partial charge < -0.3 is 15.1 Å². The van der Waals surface area contributed by atoms with E-state index in [1.54, 1.807) is 29.2 Å². The van der Waals surface area contributed by atoms with Gasteiger partial charge in [-0.2, -0.15) is 0 Å². The van der Waals surface area contributed by atoms with Gasteiger partial charge >= 0.3 is 0 Å². The average molecular weight is 249 g/mol. The minimum Gasteiger partial charge on any atom is -0.508 e. The number of aliphatic hydroxyl groups excluding tert-OH is 1. The highest BCUT2D eigenvalue weighted by Crippen LogP contribution is 2.17. The lowest BCUT2D eigenvalue weighted by Crippen LogP contribution is -2.33. The number of para-hydroxylation sites is 1. The molecule has 1 aromatic carbocycles. The van der Waals surface area contributed by atoms with Gasteiger partial charge in [-0.25, -0.2) is 0 Å². The fourth-order valence-corrected chi connectivity index (χ4v) is 1.72. The predicted octanol–water partition coefficient (Wildman–Crippen LogP) is 1.33. The van der Waals surface area contributed by atoms with Crippen LogP contribution >= 0.6 is 0 Å². The molecule has 1 rings (SSSR count). The van der Waals surface area contributed by atoms with Crippen LogP contribution in [-0.2, 0) is 11.2 Å². The van der Waals surface area contributed by atoms with Crippen LogP contribution in [0.25, 0.3) is 0 Å². The summed E-state index contributed by atoms with van der Waals surface area (Å²) in [5, 5.41) is 18.5. The van der Waals surface area contributed by atoms with Crippen LogP contribution in [0, 0.1) is 0 Å². The van der Waals surface area contributed by atoms with Crippen molar-refractivity contribution in [2.75, 3.05) is 19.7 Å². The van der Waals surface area contributed by atoms with Gasteiger partial charge in [0.05, 0.1) is 6.61 Å². The van der Waals surface area contributed by atoms with Crippen molar-refractivity contribution in [3.8, 4) is 5.75 Å². The van der Waals surface area contributed by atoms with Crippen molar-refractivity contribution in [3.05, 3.63) is 42.5 Å². The molecule has 0 atom stereocenters. The van der Waals surface area contributed by atoms with Gasteiger partial charge in [-0.1, -0.05) is 24.3 Å². The predicted molar refractivity (Wildman–Crippen MR) is 70.3 cm³/mol. The Morgan fingerprint density at radius 2 is 2.11 bits per heavy atom. The van der Waals surface area contributed by atoms with Crippen LogP contribution in [0.1, 0.15) is 12.0 Å². The van der Waals surface area contributed by atoms with E-state index < -0.39 is 0 Å². The van der Waals surface area contributed by atoms with E-state index in [1.165, 1.54) is 0 Å². The lowest BCUT2D eigenvalue weighted by atomic mass is 10.1. The molecule has 0 unspecified atom stereocenters. The molecular formula is C14H19NO3. The zero-order chi connectivity index (χ0) is 13.4. The molecule has 4 heteroatoms. The van der Waals surface area contributed by atoms with Crippen molar-refractivity contribution in [2.45, 2.75) is 12.8 Å². The normalized spacial score (nSPS) is 10.1. The Hall–Kier alpha value is -1.81. The zero-order valence-corrected chi connectivity index (χ0v) is 10.4. The van der Waals surface area contributed by atoms with Crippen LogP contribution in [0.5, 0.6) is 5.75 Å². The maximum Gasteiger partial charge on any atom is 0.223 e. The summed E-state index contributed by atoms with van der Waals surface area (Å²) in [7, 11) is 0.